The van der Waals surface area contributed by atoms with Crippen molar-refractivity contribution >= 4 is 34.4 Å². The maximum Gasteiger partial charge on any atom is 0.159 e. The number of nitrogens with zero attached hydrogens (tertiary/aromatic N) is 4. The number of hydrogen-bond acceptors (Lipinski definition) is 2. The zero-order valence-corrected chi connectivity index (χ0v) is 13.7. The molecule has 3 rings (SSSR count). The first-order valence-electron chi connectivity index (χ1n) is 6.75. The van der Waals surface area contributed by atoms with E-state index in [9.17, 15) is 0 Å². The molecule has 0 spiro atoms. The predicted molar refractivity (Wildman–Crippen MR) is 86.1 cm³/mol. The highest BCUT2D eigenvalue weighted by Crippen LogP contribution is 2.31. The van der Waals surface area contributed by atoms with E-state index in [1.807, 2.05) is 42.9 Å². The summed E-state index contributed by atoms with van der Waals surface area (Å²) >= 11 is 12.4. The van der Waals surface area contributed by atoms with E-state index in [1.54, 1.807) is 0 Å². The number of rotatable bonds is 3. The Hall–Kier alpha value is -1.52. The van der Waals surface area contributed by atoms with Crippen molar-refractivity contribution in [1.82, 2.24) is 19.3 Å². The Morgan fingerprint density at radius 1 is 1.29 bits per heavy atom. The summed E-state index contributed by atoms with van der Waals surface area (Å²) in [6.07, 6.45) is 0. The number of hydrogen-bond donors (Lipinski definition) is 0. The van der Waals surface area contributed by atoms with Crippen LogP contribution in [0.15, 0.2) is 24.3 Å². The summed E-state index contributed by atoms with van der Waals surface area (Å²) in [5.41, 5.74) is 3.82. The molecule has 110 valence electrons. The van der Waals surface area contributed by atoms with Crippen molar-refractivity contribution < 1.29 is 0 Å². The van der Waals surface area contributed by atoms with Crippen molar-refractivity contribution in [1.29, 1.82) is 0 Å². The fourth-order valence-corrected chi connectivity index (χ4v) is 3.28. The van der Waals surface area contributed by atoms with Gasteiger partial charge in [0.25, 0.3) is 0 Å². The van der Waals surface area contributed by atoms with E-state index >= 15 is 0 Å². The van der Waals surface area contributed by atoms with Crippen LogP contribution in [0.2, 0.25) is 5.02 Å². The summed E-state index contributed by atoms with van der Waals surface area (Å²) in [4.78, 5) is 4.63. The SMILES string of the molecule is Cc1nn(C)c2c1nc(CCl)n2C(C)c1ccccc1Cl. The first kappa shape index (κ1) is 14.4. The maximum atomic E-state index is 6.34. The highest BCUT2D eigenvalue weighted by Gasteiger charge is 2.22. The molecule has 0 saturated carbocycles. The van der Waals surface area contributed by atoms with Gasteiger partial charge in [0.1, 0.15) is 11.3 Å². The topological polar surface area (TPSA) is 35.6 Å². The number of aromatic nitrogens is 4. The van der Waals surface area contributed by atoms with Crippen molar-refractivity contribution in [3.63, 3.8) is 0 Å². The van der Waals surface area contributed by atoms with E-state index in [1.165, 1.54) is 0 Å². The van der Waals surface area contributed by atoms with Gasteiger partial charge in [-0.2, -0.15) is 5.10 Å². The molecule has 0 fully saturated rings. The highest BCUT2D eigenvalue weighted by atomic mass is 35.5. The molecule has 21 heavy (non-hydrogen) atoms. The minimum absolute atomic E-state index is 0.0345. The van der Waals surface area contributed by atoms with Crippen LogP contribution in [0.1, 0.15) is 30.0 Å². The van der Waals surface area contributed by atoms with Gasteiger partial charge in [0.2, 0.25) is 0 Å². The molecule has 3 aromatic rings. The van der Waals surface area contributed by atoms with Gasteiger partial charge in [-0.15, -0.1) is 11.6 Å². The third-order valence-electron chi connectivity index (χ3n) is 3.77. The zero-order chi connectivity index (χ0) is 15.1. The number of benzene rings is 1. The molecule has 0 radical (unpaired) electrons. The van der Waals surface area contributed by atoms with Gasteiger partial charge >= 0.3 is 0 Å². The molecule has 0 aliphatic heterocycles. The van der Waals surface area contributed by atoms with Crippen LogP contribution < -0.4 is 0 Å². The Labute approximate surface area is 133 Å². The lowest BCUT2D eigenvalue weighted by Crippen LogP contribution is -2.13. The highest BCUT2D eigenvalue weighted by molar-refractivity contribution is 6.31. The molecule has 2 aromatic heterocycles. The lowest BCUT2D eigenvalue weighted by Gasteiger charge is -2.18. The van der Waals surface area contributed by atoms with Crippen molar-refractivity contribution in [2.75, 3.05) is 0 Å². The Morgan fingerprint density at radius 3 is 2.67 bits per heavy atom. The summed E-state index contributed by atoms with van der Waals surface area (Å²) in [7, 11) is 1.92. The summed E-state index contributed by atoms with van der Waals surface area (Å²) in [6.45, 7) is 4.05. The molecule has 4 nitrogen and oxygen atoms in total. The maximum absolute atomic E-state index is 6.34. The Morgan fingerprint density at radius 2 is 2.00 bits per heavy atom. The Kier molecular flexibility index (Phi) is 3.68. The van der Waals surface area contributed by atoms with Crippen LogP contribution >= 0.6 is 23.2 Å². The average molecular weight is 323 g/mol. The fourth-order valence-electron chi connectivity index (χ4n) is 2.80. The molecule has 1 atom stereocenters. The predicted octanol–water partition coefficient (Wildman–Crippen LogP) is 4.08. The van der Waals surface area contributed by atoms with Crippen LogP contribution in [0.4, 0.5) is 0 Å². The minimum atomic E-state index is 0.0345. The molecule has 0 bridgehead atoms. The molecule has 2 heterocycles. The number of aryl methyl sites for hydroxylation is 2. The van der Waals surface area contributed by atoms with Crippen molar-refractivity contribution in [2.24, 2.45) is 7.05 Å². The first-order valence-corrected chi connectivity index (χ1v) is 7.66. The second kappa shape index (κ2) is 5.35. The van der Waals surface area contributed by atoms with Crippen molar-refractivity contribution in [2.45, 2.75) is 25.8 Å². The zero-order valence-electron chi connectivity index (χ0n) is 12.1. The van der Waals surface area contributed by atoms with Gasteiger partial charge in [0.15, 0.2) is 5.65 Å². The Bertz CT molecular complexity index is 803. The largest absolute Gasteiger partial charge is 0.304 e. The summed E-state index contributed by atoms with van der Waals surface area (Å²) in [5.74, 6) is 1.18. The second-order valence-electron chi connectivity index (χ2n) is 5.11. The van der Waals surface area contributed by atoms with Gasteiger partial charge in [0, 0.05) is 12.1 Å². The summed E-state index contributed by atoms with van der Waals surface area (Å²) in [5, 5.41) is 5.18. The third kappa shape index (κ3) is 2.23. The van der Waals surface area contributed by atoms with Gasteiger partial charge in [-0.05, 0) is 25.5 Å². The van der Waals surface area contributed by atoms with Crippen LogP contribution in [0.5, 0.6) is 0 Å². The molecular formula is C15H16Cl2N4. The second-order valence-corrected chi connectivity index (χ2v) is 5.78. The van der Waals surface area contributed by atoms with Crippen molar-refractivity contribution in [3.8, 4) is 0 Å². The molecule has 0 amide bonds. The van der Waals surface area contributed by atoms with Gasteiger partial charge in [-0.3, -0.25) is 4.68 Å². The monoisotopic (exact) mass is 322 g/mol. The standard InChI is InChI=1S/C15H16Cl2N4/c1-9-14-15(20(3)19-9)21(13(8-16)18-14)10(2)11-6-4-5-7-12(11)17/h4-7,10H,8H2,1-3H3. The molecule has 1 unspecified atom stereocenters. The lowest BCUT2D eigenvalue weighted by molar-refractivity contribution is 0.608. The number of halogens is 2. The molecule has 1 aromatic carbocycles. The Balaban J connectivity index is 2.26. The fraction of sp³-hybridized carbons (Fsp3) is 0.333. The molecule has 0 saturated heterocycles. The lowest BCUT2D eigenvalue weighted by atomic mass is 10.1. The number of imidazole rings is 1. The first-order chi connectivity index (χ1) is 10.0. The van der Waals surface area contributed by atoms with Gasteiger partial charge in [-0.25, -0.2) is 4.98 Å². The van der Waals surface area contributed by atoms with Crippen LogP contribution in [0.3, 0.4) is 0 Å². The molecule has 6 heteroatoms. The molecule has 0 N–H and O–H groups in total. The summed E-state index contributed by atoms with van der Waals surface area (Å²) < 4.78 is 3.96. The van der Waals surface area contributed by atoms with E-state index in [4.69, 9.17) is 23.2 Å². The van der Waals surface area contributed by atoms with Crippen LogP contribution in [0.25, 0.3) is 11.2 Å². The van der Waals surface area contributed by atoms with E-state index in [2.05, 4.69) is 21.6 Å². The van der Waals surface area contributed by atoms with E-state index in [0.717, 1.165) is 33.3 Å². The van der Waals surface area contributed by atoms with Crippen molar-refractivity contribution in [3.05, 3.63) is 46.4 Å². The molecule has 0 aliphatic rings. The number of alkyl halides is 1. The normalized spacial score (nSPS) is 13.0. The van der Waals surface area contributed by atoms with Crippen LogP contribution in [-0.2, 0) is 12.9 Å². The van der Waals surface area contributed by atoms with Crippen LogP contribution in [-0.4, -0.2) is 19.3 Å². The number of fused-ring (bicyclic) bond motifs is 1. The summed E-state index contributed by atoms with van der Waals surface area (Å²) in [6, 6.07) is 7.88. The molecule has 0 aliphatic carbocycles. The van der Waals surface area contributed by atoms with E-state index in [-0.39, 0.29) is 6.04 Å². The van der Waals surface area contributed by atoms with Gasteiger partial charge in [-0.1, -0.05) is 29.8 Å². The third-order valence-corrected chi connectivity index (χ3v) is 4.35. The molecular weight excluding hydrogens is 307 g/mol. The van der Waals surface area contributed by atoms with Gasteiger partial charge in [0.05, 0.1) is 17.6 Å². The van der Waals surface area contributed by atoms with Crippen LogP contribution in [0, 0.1) is 6.92 Å². The average Bonchev–Trinajstić information content (AvgIpc) is 2.97. The van der Waals surface area contributed by atoms with E-state index < -0.39 is 0 Å². The quantitative estimate of drug-likeness (QED) is 0.681. The minimum Gasteiger partial charge on any atom is -0.304 e. The van der Waals surface area contributed by atoms with Gasteiger partial charge < -0.3 is 4.57 Å². The smallest absolute Gasteiger partial charge is 0.159 e. The van der Waals surface area contributed by atoms with E-state index in [0.29, 0.717) is 5.88 Å².